The van der Waals surface area contributed by atoms with Crippen molar-refractivity contribution in [3.63, 3.8) is 0 Å². The first-order chi connectivity index (χ1) is 46.6. The quantitative estimate of drug-likeness (QED) is 0.0795. The minimum Gasteiger partial charge on any atom is -0.453 e. The number of ether oxygens (including phenoxy) is 11. The van der Waals surface area contributed by atoms with Gasteiger partial charge in [-0.3, -0.25) is 20.2 Å². The number of aliphatic hydroxyl groups is 1. The second-order valence-electron chi connectivity index (χ2n) is 26.9. The molecule has 2 aromatic rings. The molecule has 0 spiro atoms. The second kappa shape index (κ2) is 46.6. The molecule has 34 heteroatoms. The molecule has 32 nitrogen and oxygen atoms in total. The van der Waals surface area contributed by atoms with Gasteiger partial charge in [-0.2, -0.15) is 0 Å². The van der Waals surface area contributed by atoms with Gasteiger partial charge in [0.1, 0.15) is 40.0 Å². The molecule has 6 saturated heterocycles. The van der Waals surface area contributed by atoms with Crippen LogP contribution in [-0.2, 0) is 42.6 Å². The van der Waals surface area contributed by atoms with Gasteiger partial charge in [0.25, 0.3) is 11.4 Å². The number of carbonyl (C=O) groups excluding carboxylic acids is 8. The van der Waals surface area contributed by atoms with Crippen LogP contribution >= 0.6 is 23.2 Å². The number of nitro groups is 2. The summed E-state index contributed by atoms with van der Waals surface area (Å²) < 4.78 is 53.8. The molecule has 0 aliphatic carbocycles. The molecule has 6 fully saturated rings. The van der Waals surface area contributed by atoms with E-state index in [1.165, 1.54) is 88.4 Å². The molecule has 0 aromatic heterocycles. The summed E-state index contributed by atoms with van der Waals surface area (Å²) in [5.74, 6) is 0.344. The first kappa shape index (κ1) is 90.2. The Labute approximate surface area is 595 Å². The van der Waals surface area contributed by atoms with Crippen molar-refractivity contribution in [2.24, 2.45) is 5.73 Å². The normalized spacial score (nSPS) is 16.5. The number of nitrogens with two attached hydrogens (primary N) is 1. The number of rotatable bonds is 6. The number of nitrogens with one attached hydrogen (secondary N) is 1. The molecule has 8 rings (SSSR count). The van der Waals surface area contributed by atoms with Crippen LogP contribution in [0.15, 0.2) is 48.5 Å². The van der Waals surface area contributed by atoms with Crippen LogP contribution < -0.4 is 20.5 Å². The highest BCUT2D eigenvalue weighted by Crippen LogP contribution is 2.23. The van der Waals surface area contributed by atoms with E-state index < -0.39 is 55.4 Å². The number of hydrogen-bond acceptors (Lipinski definition) is 25. The third-order valence-electron chi connectivity index (χ3n) is 13.6. The summed E-state index contributed by atoms with van der Waals surface area (Å²) >= 11 is 9.84. The zero-order chi connectivity index (χ0) is 75.8. The monoisotopic (exact) mass is 1460 g/mol. The van der Waals surface area contributed by atoms with Gasteiger partial charge in [0, 0.05) is 151 Å². The molecular weight excluding hydrogens is 1360 g/mol. The Morgan fingerprint density at radius 3 is 1.03 bits per heavy atom. The zero-order valence-electron chi connectivity index (χ0n) is 60.3. The Hall–Kier alpha value is -7.78. The van der Waals surface area contributed by atoms with Crippen molar-refractivity contribution in [3.05, 3.63) is 68.8 Å². The maximum absolute atomic E-state index is 11.8. The number of non-ortho nitro benzene ring substituents is 2. The number of aliphatic hydroxyl groups excluding tert-OH is 1. The Morgan fingerprint density at radius 2 is 0.780 bits per heavy atom. The maximum Gasteiger partial charge on any atom is 0.508 e. The molecule has 6 heterocycles. The van der Waals surface area contributed by atoms with E-state index in [2.05, 4.69) is 24.3 Å². The van der Waals surface area contributed by atoms with Crippen LogP contribution in [0.3, 0.4) is 0 Å². The van der Waals surface area contributed by atoms with Gasteiger partial charge in [-0.25, -0.2) is 38.4 Å². The molecule has 0 radical (unpaired) electrons. The van der Waals surface area contributed by atoms with E-state index in [-0.39, 0.29) is 71.5 Å². The van der Waals surface area contributed by atoms with E-state index in [1.807, 2.05) is 83.1 Å². The van der Waals surface area contributed by atoms with Crippen molar-refractivity contribution in [2.75, 3.05) is 93.0 Å². The van der Waals surface area contributed by atoms with Crippen molar-refractivity contribution >= 4 is 82.1 Å². The van der Waals surface area contributed by atoms with Crippen molar-refractivity contribution in [1.82, 2.24) is 24.9 Å². The minimum absolute atomic E-state index is 0.0659. The average Bonchev–Trinajstić information content (AvgIpc) is 1.22. The molecular formula is C66H106Cl2N8O24. The van der Waals surface area contributed by atoms with Crippen molar-refractivity contribution in [1.29, 1.82) is 0 Å². The van der Waals surface area contributed by atoms with Crippen LogP contribution in [0.4, 0.5) is 49.7 Å². The molecule has 0 bridgehead atoms. The van der Waals surface area contributed by atoms with Crippen molar-refractivity contribution in [3.8, 4) is 11.5 Å². The van der Waals surface area contributed by atoms with Crippen LogP contribution in [0.1, 0.15) is 160 Å². The number of nitrogens with zero attached hydrogens (tertiary/aromatic N) is 6. The van der Waals surface area contributed by atoms with Crippen LogP contribution in [0.25, 0.3) is 0 Å². The zero-order valence-corrected chi connectivity index (χ0v) is 61.8. The number of methoxy groups -OCH3 is 2. The van der Waals surface area contributed by atoms with Crippen LogP contribution in [0.5, 0.6) is 11.5 Å². The first-order valence-electron chi connectivity index (χ1n) is 32.9. The van der Waals surface area contributed by atoms with Gasteiger partial charge in [0.05, 0.1) is 30.2 Å². The summed E-state index contributed by atoms with van der Waals surface area (Å²) in [4.78, 5) is 115. The van der Waals surface area contributed by atoms with Crippen LogP contribution in [-0.4, -0.2) is 222 Å². The van der Waals surface area contributed by atoms with Gasteiger partial charge in [-0.15, -0.1) is 0 Å². The Balaban J connectivity index is 0.000000584. The molecule has 6 aliphatic rings. The van der Waals surface area contributed by atoms with Crippen LogP contribution in [0.2, 0.25) is 0 Å². The largest absolute Gasteiger partial charge is 0.508 e. The number of benzene rings is 2. The van der Waals surface area contributed by atoms with Gasteiger partial charge in [-0.1, -0.05) is 0 Å². The van der Waals surface area contributed by atoms with Gasteiger partial charge < -0.3 is 87.9 Å². The third-order valence-corrected chi connectivity index (χ3v) is 13.8. The topological polar surface area (TPSA) is 396 Å². The van der Waals surface area contributed by atoms with Gasteiger partial charge >= 0.3 is 47.5 Å². The smallest absolute Gasteiger partial charge is 0.453 e. The van der Waals surface area contributed by atoms with Gasteiger partial charge in [-0.05, 0) is 172 Å². The fourth-order valence-electron chi connectivity index (χ4n) is 8.69. The van der Waals surface area contributed by atoms with E-state index in [0.717, 1.165) is 52.4 Å². The lowest BCUT2D eigenvalue weighted by Gasteiger charge is -2.33. The molecule has 2 aromatic carbocycles. The minimum atomic E-state index is -0.978. The van der Waals surface area contributed by atoms with E-state index in [1.54, 1.807) is 19.6 Å². The third kappa shape index (κ3) is 45.1. The van der Waals surface area contributed by atoms with Crippen molar-refractivity contribution in [2.45, 2.75) is 207 Å². The van der Waals surface area contributed by atoms with Gasteiger partial charge in [0.15, 0.2) is 0 Å². The highest BCUT2D eigenvalue weighted by Gasteiger charge is 2.31. The summed E-state index contributed by atoms with van der Waals surface area (Å²) in [5, 5.41) is 32.4. The molecule has 0 saturated carbocycles. The number of piperidine rings is 4. The molecule has 5 amide bonds. The number of alkyl carbamates (subject to hydrolysis) is 1. The Kier molecular flexibility index (Phi) is 42.1. The van der Waals surface area contributed by atoms with E-state index >= 15 is 0 Å². The SMILES string of the molecule is C1CCOC1.C1CCOC1.CC(C)(C)OC(=O)N1CCC(N)CC1.CC(C)(C)OC(=O)N1CCC(O)CC1.COC(=O)NC1CCN(C(=O)OC(C)(C)C)CC1.COC(=O)OC1CCN(C(=O)OC(C)(C)C)CC1.O=C(Cl)Oc1ccc([N+](=O)[O-])cc1.O=C(Cl)Oc1ccc([N+](=O)[O-])cc1. The average molecular weight is 1470 g/mol. The molecule has 0 atom stereocenters. The summed E-state index contributed by atoms with van der Waals surface area (Å²) in [5.41, 5.74) is 1.83. The fraction of sp³-hybridized carbons (Fsp3) is 0.697. The summed E-state index contributed by atoms with van der Waals surface area (Å²) in [6.07, 6.45) is 8.16. The summed E-state index contributed by atoms with van der Waals surface area (Å²) in [6.45, 7) is 31.1. The number of carbonyl (C=O) groups is 8. The number of likely N-dealkylation sites (tertiary alicyclic amines) is 4. The lowest BCUT2D eigenvalue weighted by molar-refractivity contribution is -0.385. The summed E-state index contributed by atoms with van der Waals surface area (Å²) in [7, 11) is 2.61. The summed E-state index contributed by atoms with van der Waals surface area (Å²) in [6, 6.07) is 10.3. The van der Waals surface area contributed by atoms with E-state index in [9.17, 15) is 63.7 Å². The Morgan fingerprint density at radius 1 is 0.490 bits per heavy atom. The molecule has 6 aliphatic heterocycles. The standard InChI is InChI=1S/C12H22N2O4.C12H21NO5.C10H20N2O2.C10H19NO3.2C7H4ClNO4.2C4H8O/c1-12(2,3)18-11(16)14-7-5-9(6-8-14)13-10(15)17-4;1-12(2,3)18-10(14)13-7-5-9(6-8-13)17-11(15)16-4;1-10(2,3)14-9(13)12-6-4-8(11)5-7-12;1-10(2,3)14-9(13)11-6-4-8(12)5-7-11;2*8-7(10)13-6-3-1-5(2-4-6)9(11)12;2*1-2-4-5-3-1/h9H,5-8H2,1-4H3,(H,13,15);9H,5-8H2,1-4H3;8H,4-7,11H2,1-3H3;8,12H,4-7H2,1-3H3;2*1-4H;2*1-4H2. The number of amides is 5. The predicted molar refractivity (Wildman–Crippen MR) is 369 cm³/mol. The fourth-order valence-corrected chi connectivity index (χ4v) is 8.86. The highest BCUT2D eigenvalue weighted by molar-refractivity contribution is 6.61. The lowest BCUT2D eigenvalue weighted by Crippen LogP contribution is -2.47. The van der Waals surface area contributed by atoms with E-state index in [0.29, 0.717) is 77.8 Å². The molecule has 4 N–H and O–H groups in total. The second-order valence-corrected chi connectivity index (χ2v) is 27.6. The number of hydrogen-bond donors (Lipinski definition) is 3. The van der Waals surface area contributed by atoms with Crippen LogP contribution in [0, 0.1) is 20.2 Å². The van der Waals surface area contributed by atoms with E-state index in [4.69, 9.17) is 62.1 Å². The first-order valence-corrected chi connectivity index (χ1v) is 33.7. The Bertz CT molecular complexity index is 2570. The molecule has 568 valence electrons. The molecule has 0 unspecified atom stereocenters. The maximum atomic E-state index is 11.8. The molecule has 100 heavy (non-hydrogen) atoms. The predicted octanol–water partition coefficient (Wildman–Crippen LogP) is 12.9. The lowest BCUT2D eigenvalue weighted by atomic mass is 10.1. The number of nitro benzene ring substituents is 2. The number of halogens is 2. The van der Waals surface area contributed by atoms with Crippen molar-refractivity contribution < 1.29 is 105 Å². The highest BCUT2D eigenvalue weighted by atomic mass is 35.5. The van der Waals surface area contributed by atoms with Gasteiger partial charge in [0.2, 0.25) is 0 Å².